The van der Waals surface area contributed by atoms with Crippen molar-refractivity contribution in [3.8, 4) is 0 Å². The molecule has 34 heteroatoms. The lowest BCUT2D eigenvalue weighted by Gasteiger charge is -2.51. The highest BCUT2D eigenvalue weighted by atomic mass is 17.0. The fourth-order valence-electron chi connectivity index (χ4n) is 8.65. The van der Waals surface area contributed by atoms with Gasteiger partial charge in [-0.1, -0.05) is 5.11 Å². The minimum atomic E-state index is -2.32. The van der Waals surface area contributed by atoms with Crippen LogP contribution in [0.1, 0.15) is 83.1 Å². The first-order valence-electron chi connectivity index (χ1n) is 23.6. The molecular weight excluding hydrogens is 1060 g/mol. The average Bonchev–Trinajstić information content (AvgIpc) is 3.29. The number of azide groups is 1. The van der Waals surface area contributed by atoms with Gasteiger partial charge in [-0.25, -0.2) is 0 Å². The van der Waals surface area contributed by atoms with Gasteiger partial charge in [-0.15, -0.1) is 10.1 Å². The van der Waals surface area contributed by atoms with Crippen LogP contribution in [-0.4, -0.2) is 201 Å². The lowest BCUT2D eigenvalue weighted by molar-refractivity contribution is -0.783. The van der Waals surface area contributed by atoms with Crippen molar-refractivity contribution in [1.82, 2.24) is 0 Å². The molecule has 4 aliphatic rings. The van der Waals surface area contributed by atoms with Crippen molar-refractivity contribution in [2.24, 2.45) is 5.11 Å². The highest BCUT2D eigenvalue weighted by Gasteiger charge is 2.61. The molecule has 0 aromatic carbocycles. The topological polar surface area (TPSA) is 429 Å². The number of ether oxygens (including phenoxy) is 17. The number of nitrogens with zero attached hydrogens (tertiary/aromatic N) is 4. The zero-order valence-corrected chi connectivity index (χ0v) is 44.0. The largest absolute Gasteiger partial charge is 0.463 e. The fourth-order valence-corrected chi connectivity index (χ4v) is 8.65. The predicted octanol–water partition coefficient (Wildman–Crippen LogP) is -0.452. The molecule has 78 heavy (non-hydrogen) atoms. The van der Waals surface area contributed by atoms with E-state index in [-0.39, 0.29) is 0 Å². The van der Waals surface area contributed by atoms with Crippen molar-refractivity contribution in [3.05, 3.63) is 20.6 Å². The van der Waals surface area contributed by atoms with Crippen LogP contribution in [0.3, 0.4) is 0 Å². The van der Waals surface area contributed by atoms with Crippen LogP contribution in [0, 0.1) is 10.1 Å². The average molecular weight is 1120 g/mol. The quantitative estimate of drug-likeness (QED) is 0.0267. The van der Waals surface area contributed by atoms with Gasteiger partial charge in [0.25, 0.3) is 5.09 Å². The minimum absolute atomic E-state index is 0.833. The SMILES string of the molecule is CC(=O)OCC1OC(O[N+](=O)[O-])C(N=[N+]=[N-])[C@@H](O[C@@H]2OC(C)[C@@H](OC(C)=O)C(OC(C)=O)[C@H]2OC(C)=O)[C@@H]1O[C@@H]1OC(COC(C)=O)[C@H](OC(C)=O)[C@H](OC(C)=O)C1O[C@@H]1OC(C)[C@@H](OC(C)=O)[C@H](OC(C)=O)C1OC(C)=O. The van der Waals surface area contributed by atoms with Crippen LogP contribution >= 0.6 is 0 Å². The van der Waals surface area contributed by atoms with Crippen molar-refractivity contribution >= 4 is 59.7 Å². The molecule has 0 aromatic rings. The fraction of sp³-hybridized carbons (Fsp3) is 0.773. The van der Waals surface area contributed by atoms with Gasteiger partial charge in [-0.3, -0.25) is 52.8 Å². The Labute approximate surface area is 442 Å². The predicted molar refractivity (Wildman–Crippen MR) is 239 cm³/mol. The Bertz CT molecular complexity index is 2280. The highest BCUT2D eigenvalue weighted by Crippen LogP contribution is 2.40. The summed E-state index contributed by atoms with van der Waals surface area (Å²) in [5.74, 6) is -10.0. The van der Waals surface area contributed by atoms with Crippen LogP contribution in [0.25, 0.3) is 10.4 Å². The number of hydrogen-bond acceptors (Lipinski definition) is 31. The van der Waals surface area contributed by atoms with Crippen molar-refractivity contribution in [2.45, 2.75) is 206 Å². The molecule has 4 rings (SSSR count). The van der Waals surface area contributed by atoms with Gasteiger partial charge < -0.3 is 80.5 Å². The number of hydrogen-bond donors (Lipinski definition) is 0. The maximum Gasteiger partial charge on any atom is 0.303 e. The first kappa shape index (κ1) is 63.5. The van der Waals surface area contributed by atoms with Gasteiger partial charge >= 0.3 is 59.7 Å². The lowest BCUT2D eigenvalue weighted by Crippen LogP contribution is -2.69. The zero-order valence-electron chi connectivity index (χ0n) is 44.0. The first-order valence-corrected chi connectivity index (χ1v) is 23.6. The zero-order chi connectivity index (χ0) is 58.5. The van der Waals surface area contributed by atoms with Crippen LogP contribution in [0.2, 0.25) is 0 Å². The monoisotopic (exact) mass is 1120 g/mol. The van der Waals surface area contributed by atoms with Crippen molar-refractivity contribution < 1.29 is 138 Å². The first-order chi connectivity index (χ1) is 36.5. The van der Waals surface area contributed by atoms with E-state index in [0.717, 1.165) is 69.2 Å². The summed E-state index contributed by atoms with van der Waals surface area (Å²) in [5.41, 5.74) is 9.97. The Hall–Kier alpha value is -7.07. The van der Waals surface area contributed by atoms with E-state index >= 15 is 0 Å². The molecule has 4 aliphatic heterocycles. The summed E-state index contributed by atoms with van der Waals surface area (Å²) in [5, 5.41) is 14.3. The second-order valence-corrected chi connectivity index (χ2v) is 17.5. The third-order valence-corrected chi connectivity index (χ3v) is 11.2. The van der Waals surface area contributed by atoms with E-state index in [4.69, 9.17) is 85.4 Å². The van der Waals surface area contributed by atoms with Gasteiger partial charge in [0.1, 0.15) is 43.7 Å². The van der Waals surface area contributed by atoms with E-state index in [9.17, 15) is 63.6 Å². The Balaban J connectivity index is 2.07. The van der Waals surface area contributed by atoms with Crippen molar-refractivity contribution in [2.75, 3.05) is 13.2 Å². The molecule has 9 unspecified atom stereocenters. The number of carbonyl (C=O) groups is 10. The number of esters is 10. The minimum Gasteiger partial charge on any atom is -0.463 e. The summed E-state index contributed by atoms with van der Waals surface area (Å²) >= 11 is 0. The summed E-state index contributed by atoms with van der Waals surface area (Å²) in [6, 6.07) is -2.16. The molecule has 0 aromatic heterocycles. The molecule has 0 saturated carbocycles. The van der Waals surface area contributed by atoms with Gasteiger partial charge in [0.05, 0.1) is 12.2 Å². The molecule has 4 saturated heterocycles. The van der Waals surface area contributed by atoms with Crippen LogP contribution in [0.15, 0.2) is 5.11 Å². The highest BCUT2D eigenvalue weighted by molar-refractivity contribution is 5.70. The maximum absolute atomic E-state index is 13.1. The van der Waals surface area contributed by atoms with Gasteiger partial charge in [0, 0.05) is 74.1 Å². The number of rotatable bonds is 21. The second kappa shape index (κ2) is 28.5. The standard InChI is InChI=1S/C44H60N4O30/c1-15-30(65-19(5)51)35(68-22(8)54)38(71-25(11)57)42(63-15)76-34-29(46-47-45)41(78-48(59)60)73-27(13-61-17(3)49)32(34)75-44-40(37(70-24(10)56)33(67-21(7)53)28(74-44)14-62-18(4)50)77-43-39(72-26(12)58)36(69-23(9)55)31(16(2)64-43)66-20(6)52/h15-16,27-44H,13-14H2,1-12H3/t15?,16?,27?,28?,29?,30-,31-,32-,33+,34-,35?,36+,37+,38-,39?,40?,41?,42+,43+,44+/m1/s1. The van der Waals surface area contributed by atoms with Crippen molar-refractivity contribution in [1.29, 1.82) is 0 Å². The summed E-state index contributed by atoms with van der Waals surface area (Å²) in [7, 11) is 0. The van der Waals surface area contributed by atoms with E-state index in [1.165, 1.54) is 13.8 Å². The van der Waals surface area contributed by atoms with E-state index in [2.05, 4.69) is 10.0 Å². The summed E-state index contributed by atoms with van der Waals surface area (Å²) in [6.45, 7) is 10.4. The molecule has 4 heterocycles. The molecule has 0 aliphatic carbocycles. The summed E-state index contributed by atoms with van der Waals surface area (Å²) in [6.07, 6.45) is -35.8. The van der Waals surface area contributed by atoms with Crippen LogP contribution in [0.4, 0.5) is 0 Å². The Morgan fingerprint density at radius 3 is 1.10 bits per heavy atom. The van der Waals surface area contributed by atoms with Gasteiger partial charge in [-0.05, 0) is 19.4 Å². The van der Waals surface area contributed by atoms with E-state index in [1.807, 2.05) is 0 Å². The molecule has 4 fully saturated rings. The normalized spacial score (nSPS) is 34.3. The van der Waals surface area contributed by atoms with E-state index in [0.29, 0.717) is 0 Å². The Kier molecular flexibility index (Phi) is 23.2. The molecule has 20 atom stereocenters. The summed E-state index contributed by atoms with van der Waals surface area (Å²) < 4.78 is 98.7. The van der Waals surface area contributed by atoms with Gasteiger partial charge in [-0.2, -0.15) is 0 Å². The maximum atomic E-state index is 13.1. The summed E-state index contributed by atoms with van der Waals surface area (Å²) in [4.78, 5) is 146. The third kappa shape index (κ3) is 17.7. The molecule has 0 radical (unpaired) electrons. The van der Waals surface area contributed by atoms with Gasteiger partial charge in [0.15, 0.2) is 73.8 Å². The number of carbonyl (C=O) groups excluding carboxylic acids is 10. The molecule has 34 nitrogen and oxygen atoms in total. The molecule has 0 bridgehead atoms. The van der Waals surface area contributed by atoms with E-state index < -0.39 is 201 Å². The van der Waals surface area contributed by atoms with E-state index in [1.54, 1.807) is 0 Å². The second-order valence-electron chi connectivity index (χ2n) is 17.5. The lowest BCUT2D eigenvalue weighted by atomic mass is 9.94. The van der Waals surface area contributed by atoms with Crippen LogP contribution < -0.4 is 0 Å². The molecular formula is C44H60N4O30. The van der Waals surface area contributed by atoms with Gasteiger partial charge in [0.2, 0.25) is 6.29 Å². The Morgan fingerprint density at radius 1 is 0.423 bits per heavy atom. The third-order valence-electron chi connectivity index (χ3n) is 11.2. The molecule has 436 valence electrons. The molecule has 0 amide bonds. The molecule has 0 spiro atoms. The smallest absolute Gasteiger partial charge is 0.303 e. The van der Waals surface area contributed by atoms with Crippen LogP contribution in [0.5, 0.6) is 0 Å². The van der Waals surface area contributed by atoms with Crippen LogP contribution in [-0.2, 0) is 133 Å². The Morgan fingerprint density at radius 2 is 0.731 bits per heavy atom. The van der Waals surface area contributed by atoms with Crippen molar-refractivity contribution in [3.63, 3.8) is 0 Å². The molecule has 0 N–H and O–H groups in total.